The number of nitrogens with zero attached hydrogens (tertiary/aromatic N) is 2. The lowest BCUT2D eigenvalue weighted by Crippen LogP contribution is -2.58. The van der Waals surface area contributed by atoms with Gasteiger partial charge in [0.25, 0.3) is 11.8 Å². The zero-order chi connectivity index (χ0) is 36.5. The molecule has 7 bridgehead atoms. The molecule has 4 heterocycles. The Morgan fingerprint density at radius 3 is 2.60 bits per heavy atom. The fourth-order valence-electron chi connectivity index (χ4n) is 7.32. The molecule has 4 N–H and O–H groups in total. The summed E-state index contributed by atoms with van der Waals surface area (Å²) in [6.45, 7) is 0.233. The van der Waals surface area contributed by atoms with Crippen molar-refractivity contribution in [2.75, 3.05) is 13.2 Å². The highest BCUT2D eigenvalue weighted by molar-refractivity contribution is 7.91. The van der Waals surface area contributed by atoms with Crippen molar-refractivity contribution in [1.29, 1.82) is 0 Å². The van der Waals surface area contributed by atoms with Gasteiger partial charge >= 0.3 is 0 Å². The first-order valence-electron chi connectivity index (χ1n) is 18.2. The van der Waals surface area contributed by atoms with Crippen molar-refractivity contribution in [3.8, 4) is 17.0 Å². The average Bonchev–Trinajstić information content (AvgIpc) is 4.05. The van der Waals surface area contributed by atoms with E-state index >= 15 is 0 Å². The number of carbonyl (C=O) groups is 5. The van der Waals surface area contributed by atoms with E-state index in [9.17, 15) is 32.4 Å². The van der Waals surface area contributed by atoms with Crippen LogP contribution in [0.4, 0.5) is 0 Å². The SMILES string of the molecule is O=C1CCCOc2cccc(c2)-c2cccc(n2)C(=O)N[C@@H]2C[C@H]3C(=O)N[C@]4(C(=O)NS(=O)(=O)C5CC5)C[C@H]4C=CCCCCC[C@H](N1)C(=O)N3C2. The summed E-state index contributed by atoms with van der Waals surface area (Å²) in [5.74, 6) is -2.57. The van der Waals surface area contributed by atoms with Gasteiger partial charge in [-0.15, -0.1) is 0 Å². The van der Waals surface area contributed by atoms with Crippen LogP contribution in [0.2, 0.25) is 0 Å². The lowest BCUT2D eigenvalue weighted by molar-refractivity contribution is -0.142. The summed E-state index contributed by atoms with van der Waals surface area (Å²) in [6.07, 6.45) is 8.74. The van der Waals surface area contributed by atoms with Crippen molar-refractivity contribution in [2.45, 2.75) is 99.5 Å². The molecule has 1 saturated heterocycles. The maximum absolute atomic E-state index is 14.4. The third-order valence-corrected chi connectivity index (χ3v) is 12.3. The molecule has 2 saturated carbocycles. The topological polar surface area (TPSA) is 193 Å². The number of carbonyl (C=O) groups excluding carboxylic acids is 5. The molecule has 1 aromatic heterocycles. The molecule has 2 aromatic rings. The zero-order valence-electron chi connectivity index (χ0n) is 28.8. The Kier molecular flexibility index (Phi) is 10.1. The third kappa shape index (κ3) is 7.83. The first kappa shape index (κ1) is 35.6. The molecular formula is C37H44N6O8S. The standard InChI is InChI=1S/C37H44N6O8S/c44-32-15-8-18-51-26-11-6-9-23(19-26)28-13-7-14-29(39-28)33(45)38-25-20-31-34(46)41-37(36(48)42-52(49,50)27-16-17-27)21-24(37)10-4-2-1-3-5-12-30(40-32)35(47)43(31)22-25/h4,6-7,9-11,13-14,19,24-25,27,30-31H,1-3,5,8,12,15-18,20-22H2,(H,38,45)(H,40,44)(H,41,46)(H,42,48)/t24-,25-,30+,31+,37-/m1/s1. The number of allylic oxidation sites excluding steroid dienone is 1. The highest BCUT2D eigenvalue weighted by Crippen LogP contribution is 2.46. The third-order valence-electron chi connectivity index (χ3n) is 10.5. The maximum Gasteiger partial charge on any atom is 0.270 e. The first-order chi connectivity index (χ1) is 25.0. The zero-order valence-corrected chi connectivity index (χ0v) is 29.7. The van der Waals surface area contributed by atoms with Gasteiger partial charge in [-0.3, -0.25) is 28.7 Å². The van der Waals surface area contributed by atoms with Crippen LogP contribution in [0.15, 0.2) is 54.6 Å². The molecule has 0 unspecified atom stereocenters. The fourth-order valence-corrected chi connectivity index (χ4v) is 8.68. The second kappa shape index (κ2) is 14.7. The van der Waals surface area contributed by atoms with Gasteiger partial charge in [-0.25, -0.2) is 13.4 Å². The molecule has 0 spiro atoms. The number of benzene rings is 1. The lowest BCUT2D eigenvalue weighted by atomic mass is 10.0. The van der Waals surface area contributed by atoms with Gasteiger partial charge in [0.1, 0.15) is 29.1 Å². The Morgan fingerprint density at radius 1 is 0.962 bits per heavy atom. The largest absolute Gasteiger partial charge is 0.494 e. The number of sulfonamides is 1. The van der Waals surface area contributed by atoms with E-state index in [2.05, 4.69) is 25.7 Å². The number of fused-ring (bicyclic) bond motifs is 8. The second-order valence-electron chi connectivity index (χ2n) is 14.4. The summed E-state index contributed by atoms with van der Waals surface area (Å²) >= 11 is 0. The minimum atomic E-state index is -3.89. The molecule has 2 aliphatic carbocycles. The number of hydrogen-bond acceptors (Lipinski definition) is 9. The minimum absolute atomic E-state index is 0.0246. The summed E-state index contributed by atoms with van der Waals surface area (Å²) in [4.78, 5) is 75.0. The van der Waals surface area contributed by atoms with Crippen LogP contribution in [0, 0.1) is 5.92 Å². The van der Waals surface area contributed by atoms with Crippen LogP contribution >= 0.6 is 0 Å². The summed E-state index contributed by atoms with van der Waals surface area (Å²) in [5.41, 5.74) is -0.0757. The molecule has 5 atom stereocenters. The number of amides is 5. The van der Waals surface area contributed by atoms with E-state index in [-0.39, 0.29) is 44.0 Å². The van der Waals surface area contributed by atoms with Crippen molar-refractivity contribution < 1.29 is 37.1 Å². The van der Waals surface area contributed by atoms with Gasteiger partial charge in [0.2, 0.25) is 27.7 Å². The van der Waals surface area contributed by atoms with Crippen molar-refractivity contribution in [2.24, 2.45) is 5.92 Å². The lowest BCUT2D eigenvalue weighted by Gasteiger charge is -2.30. The van der Waals surface area contributed by atoms with Crippen LogP contribution in [0.25, 0.3) is 11.3 Å². The van der Waals surface area contributed by atoms with Gasteiger partial charge in [-0.2, -0.15) is 0 Å². The Hall–Kier alpha value is -4.79. The Morgan fingerprint density at radius 2 is 1.77 bits per heavy atom. The Bertz CT molecular complexity index is 1900. The molecule has 14 nitrogen and oxygen atoms in total. The molecule has 1 aromatic carbocycles. The molecule has 15 heteroatoms. The first-order valence-corrected chi connectivity index (χ1v) is 19.7. The van der Waals surface area contributed by atoms with E-state index in [4.69, 9.17) is 4.74 Å². The summed E-state index contributed by atoms with van der Waals surface area (Å²) in [6, 6.07) is 9.68. The van der Waals surface area contributed by atoms with Gasteiger partial charge in [-0.1, -0.05) is 43.2 Å². The van der Waals surface area contributed by atoms with Gasteiger partial charge in [0.05, 0.1) is 17.6 Å². The molecule has 5 aliphatic rings. The van der Waals surface area contributed by atoms with Crippen molar-refractivity contribution >= 4 is 39.6 Å². The quantitative estimate of drug-likeness (QED) is 0.342. The van der Waals surface area contributed by atoms with Crippen LogP contribution in [-0.2, 0) is 29.2 Å². The predicted octanol–water partition coefficient (Wildman–Crippen LogP) is 2.11. The van der Waals surface area contributed by atoms with E-state index in [1.54, 1.807) is 24.3 Å². The van der Waals surface area contributed by atoms with E-state index < -0.39 is 68.5 Å². The van der Waals surface area contributed by atoms with Gasteiger partial charge in [-0.05, 0) is 75.6 Å². The molecule has 7 rings (SSSR count). The van der Waals surface area contributed by atoms with E-state index in [0.717, 1.165) is 18.4 Å². The molecule has 276 valence electrons. The average molecular weight is 733 g/mol. The highest BCUT2D eigenvalue weighted by atomic mass is 32.2. The summed E-state index contributed by atoms with van der Waals surface area (Å²) < 4.78 is 33.7. The molecule has 52 heavy (non-hydrogen) atoms. The number of pyridine rings is 1. The van der Waals surface area contributed by atoms with Crippen LogP contribution in [0.5, 0.6) is 5.75 Å². The van der Waals surface area contributed by atoms with Gasteiger partial charge < -0.3 is 25.6 Å². The van der Waals surface area contributed by atoms with Crippen LogP contribution in [-0.4, -0.2) is 89.9 Å². The predicted molar refractivity (Wildman–Crippen MR) is 189 cm³/mol. The number of ether oxygens (including phenoxy) is 1. The fraction of sp³-hybridized carbons (Fsp3) is 0.514. The normalized spacial score (nSPS) is 28.7. The van der Waals surface area contributed by atoms with Gasteiger partial charge in [0.15, 0.2) is 0 Å². The van der Waals surface area contributed by atoms with Crippen molar-refractivity contribution in [3.05, 3.63) is 60.3 Å². The molecule has 5 amide bonds. The van der Waals surface area contributed by atoms with Crippen molar-refractivity contribution in [3.63, 3.8) is 0 Å². The Balaban J connectivity index is 1.20. The minimum Gasteiger partial charge on any atom is -0.494 e. The summed E-state index contributed by atoms with van der Waals surface area (Å²) in [5, 5.41) is 8.06. The second-order valence-corrected chi connectivity index (χ2v) is 16.4. The number of rotatable bonds is 3. The molecular weight excluding hydrogens is 689 g/mol. The summed E-state index contributed by atoms with van der Waals surface area (Å²) in [7, 11) is -3.89. The van der Waals surface area contributed by atoms with E-state index in [1.165, 1.54) is 4.90 Å². The number of nitrogens with one attached hydrogen (secondary N) is 4. The number of hydrogen-bond donors (Lipinski definition) is 4. The van der Waals surface area contributed by atoms with E-state index in [1.807, 2.05) is 30.4 Å². The molecule has 3 fully saturated rings. The smallest absolute Gasteiger partial charge is 0.270 e. The van der Waals surface area contributed by atoms with Gasteiger partial charge in [0, 0.05) is 30.5 Å². The molecule has 3 aliphatic heterocycles. The van der Waals surface area contributed by atoms with Crippen LogP contribution in [0.1, 0.15) is 81.1 Å². The number of aromatic nitrogens is 1. The van der Waals surface area contributed by atoms with E-state index in [0.29, 0.717) is 50.0 Å². The monoisotopic (exact) mass is 732 g/mol. The van der Waals surface area contributed by atoms with Crippen LogP contribution < -0.4 is 25.4 Å². The van der Waals surface area contributed by atoms with Crippen LogP contribution in [0.3, 0.4) is 0 Å². The van der Waals surface area contributed by atoms with Crippen molar-refractivity contribution in [1.82, 2.24) is 30.6 Å². The maximum atomic E-state index is 14.4. The Labute approximate surface area is 302 Å². The molecule has 0 radical (unpaired) electrons. The highest BCUT2D eigenvalue weighted by Gasteiger charge is 2.62.